The molecule has 0 bridgehead atoms. The second-order valence-electron chi connectivity index (χ2n) is 5.83. The molecule has 1 aliphatic heterocycles. The third-order valence-corrected chi connectivity index (χ3v) is 4.15. The molecule has 0 unspecified atom stereocenters. The normalized spacial score (nSPS) is 17.2. The lowest BCUT2D eigenvalue weighted by atomic mass is 10.2. The second kappa shape index (κ2) is 5.26. The quantitative estimate of drug-likeness (QED) is 0.682. The predicted octanol–water partition coefficient (Wildman–Crippen LogP) is 3.48. The minimum absolute atomic E-state index is 0.133. The number of amides is 1. The predicted molar refractivity (Wildman–Crippen MR) is 82.2 cm³/mol. The molecule has 1 aromatic carbocycles. The summed E-state index contributed by atoms with van der Waals surface area (Å²) in [6.45, 7) is 0. The van der Waals surface area contributed by atoms with E-state index in [2.05, 4.69) is 5.32 Å². The van der Waals surface area contributed by atoms with Gasteiger partial charge in [-0.05, 0) is 31.0 Å². The molecule has 1 saturated carbocycles. The largest absolute Gasteiger partial charge is 0.448 e. The van der Waals surface area contributed by atoms with E-state index in [1.165, 1.54) is 6.07 Å². The van der Waals surface area contributed by atoms with Crippen molar-refractivity contribution in [3.05, 3.63) is 46.2 Å². The molecule has 1 aromatic heterocycles. The maximum atomic E-state index is 12.1. The van der Waals surface area contributed by atoms with Crippen LogP contribution in [0.25, 0.3) is 0 Å². The average Bonchev–Trinajstić information content (AvgIpc) is 3.26. The molecular formula is C16H14N2O6. The van der Waals surface area contributed by atoms with E-state index in [-0.39, 0.29) is 5.76 Å². The molecule has 1 spiro atoms. The van der Waals surface area contributed by atoms with Gasteiger partial charge >= 0.3 is 5.88 Å². The van der Waals surface area contributed by atoms with Gasteiger partial charge in [0.15, 0.2) is 17.3 Å². The number of rotatable bonds is 3. The first-order valence-corrected chi connectivity index (χ1v) is 7.62. The number of furan rings is 1. The van der Waals surface area contributed by atoms with Crippen molar-refractivity contribution in [1.29, 1.82) is 0 Å². The summed E-state index contributed by atoms with van der Waals surface area (Å²) < 4.78 is 16.7. The number of anilines is 1. The van der Waals surface area contributed by atoms with Gasteiger partial charge in [0.1, 0.15) is 4.92 Å². The van der Waals surface area contributed by atoms with Crippen LogP contribution in [0.3, 0.4) is 0 Å². The summed E-state index contributed by atoms with van der Waals surface area (Å²) in [4.78, 5) is 22.0. The Hall–Kier alpha value is -3.03. The van der Waals surface area contributed by atoms with Crippen molar-refractivity contribution >= 4 is 17.5 Å². The first-order chi connectivity index (χ1) is 11.5. The molecule has 2 heterocycles. The molecule has 24 heavy (non-hydrogen) atoms. The van der Waals surface area contributed by atoms with Crippen LogP contribution in [0.2, 0.25) is 0 Å². The van der Waals surface area contributed by atoms with Crippen LogP contribution in [0, 0.1) is 10.1 Å². The van der Waals surface area contributed by atoms with Crippen molar-refractivity contribution in [3.63, 3.8) is 0 Å². The highest BCUT2D eigenvalue weighted by molar-refractivity contribution is 6.02. The number of benzene rings is 1. The molecule has 8 nitrogen and oxygen atoms in total. The van der Waals surface area contributed by atoms with Crippen molar-refractivity contribution in [1.82, 2.24) is 0 Å². The molecule has 2 aromatic rings. The van der Waals surface area contributed by atoms with Crippen LogP contribution in [0.4, 0.5) is 11.6 Å². The zero-order valence-electron chi connectivity index (χ0n) is 12.6. The Balaban J connectivity index is 1.50. The number of ether oxygens (including phenoxy) is 2. The van der Waals surface area contributed by atoms with Gasteiger partial charge in [0.25, 0.3) is 11.7 Å². The molecule has 8 heteroatoms. The highest BCUT2D eigenvalue weighted by atomic mass is 16.7. The topological polar surface area (TPSA) is 104 Å². The van der Waals surface area contributed by atoms with Gasteiger partial charge in [0.05, 0.1) is 6.07 Å². The standard InChI is InChI=1S/C16H14N2O6/c19-15(12-5-6-14(22-12)18(20)21)17-10-3-4-11-13(9-10)24-16(23-11)7-1-2-8-16/h3-6,9H,1-2,7-8H2,(H,17,19). The van der Waals surface area contributed by atoms with Crippen molar-refractivity contribution in [2.75, 3.05) is 5.32 Å². The molecular weight excluding hydrogens is 316 g/mol. The van der Waals surface area contributed by atoms with Crippen LogP contribution < -0.4 is 14.8 Å². The number of carbonyl (C=O) groups is 1. The van der Waals surface area contributed by atoms with Crippen molar-refractivity contribution in [2.45, 2.75) is 31.5 Å². The summed E-state index contributed by atoms with van der Waals surface area (Å²) in [6, 6.07) is 7.50. The van der Waals surface area contributed by atoms with Crippen LogP contribution in [-0.4, -0.2) is 16.6 Å². The zero-order valence-corrected chi connectivity index (χ0v) is 12.6. The summed E-state index contributed by atoms with van der Waals surface area (Å²) in [5.74, 6) is -0.506. The molecule has 124 valence electrons. The number of nitrogens with zero attached hydrogens (tertiary/aromatic N) is 1. The zero-order chi connectivity index (χ0) is 16.7. The van der Waals surface area contributed by atoms with Gasteiger partial charge in [-0.2, -0.15) is 0 Å². The molecule has 4 rings (SSSR count). The third-order valence-electron chi connectivity index (χ3n) is 4.15. The average molecular weight is 330 g/mol. The highest BCUT2D eigenvalue weighted by Gasteiger charge is 2.44. The van der Waals surface area contributed by atoms with E-state index in [4.69, 9.17) is 13.9 Å². The Morgan fingerprint density at radius 2 is 1.88 bits per heavy atom. The van der Waals surface area contributed by atoms with Gasteiger partial charge in [-0.1, -0.05) is 0 Å². The van der Waals surface area contributed by atoms with Gasteiger partial charge in [0.2, 0.25) is 0 Å². The van der Waals surface area contributed by atoms with E-state index in [0.717, 1.165) is 31.7 Å². The van der Waals surface area contributed by atoms with E-state index in [0.29, 0.717) is 17.2 Å². The van der Waals surface area contributed by atoms with Crippen LogP contribution in [-0.2, 0) is 0 Å². The number of nitrogens with one attached hydrogen (secondary N) is 1. The first-order valence-electron chi connectivity index (χ1n) is 7.62. The fourth-order valence-corrected chi connectivity index (χ4v) is 3.03. The number of nitro groups is 1. The number of hydrogen-bond acceptors (Lipinski definition) is 6. The van der Waals surface area contributed by atoms with Crippen LogP contribution in [0.1, 0.15) is 36.2 Å². The first kappa shape index (κ1) is 14.6. The lowest BCUT2D eigenvalue weighted by Crippen LogP contribution is -2.34. The number of carbonyl (C=O) groups excluding carboxylic acids is 1. The molecule has 2 aliphatic rings. The summed E-state index contributed by atoms with van der Waals surface area (Å²) in [5, 5.41) is 13.2. The minimum Gasteiger partial charge on any atom is -0.448 e. The van der Waals surface area contributed by atoms with Gasteiger partial charge in [-0.15, -0.1) is 0 Å². The van der Waals surface area contributed by atoms with Crippen molar-refractivity contribution in [3.8, 4) is 11.5 Å². The van der Waals surface area contributed by atoms with Crippen molar-refractivity contribution in [2.24, 2.45) is 0 Å². The summed E-state index contributed by atoms with van der Waals surface area (Å²) in [5.41, 5.74) is 0.497. The Bertz CT molecular complexity index is 822. The maximum Gasteiger partial charge on any atom is 0.433 e. The second-order valence-corrected chi connectivity index (χ2v) is 5.83. The number of fused-ring (bicyclic) bond motifs is 1. The van der Waals surface area contributed by atoms with E-state index in [1.807, 2.05) is 0 Å². The van der Waals surface area contributed by atoms with Gasteiger partial charge in [0, 0.05) is 24.6 Å². The smallest absolute Gasteiger partial charge is 0.433 e. The number of hydrogen-bond donors (Lipinski definition) is 1. The monoisotopic (exact) mass is 330 g/mol. The minimum atomic E-state index is -0.696. The molecule has 1 N–H and O–H groups in total. The van der Waals surface area contributed by atoms with Crippen LogP contribution in [0.5, 0.6) is 11.5 Å². The summed E-state index contributed by atoms with van der Waals surface area (Å²) in [6.07, 6.45) is 3.82. The van der Waals surface area contributed by atoms with E-state index in [1.54, 1.807) is 18.2 Å². The van der Waals surface area contributed by atoms with Crippen molar-refractivity contribution < 1.29 is 23.6 Å². The maximum absolute atomic E-state index is 12.1. The van der Waals surface area contributed by atoms with Gasteiger partial charge < -0.3 is 19.2 Å². The van der Waals surface area contributed by atoms with Gasteiger partial charge in [-0.25, -0.2) is 0 Å². The third kappa shape index (κ3) is 2.45. The highest BCUT2D eigenvalue weighted by Crippen LogP contribution is 2.47. The fourth-order valence-electron chi connectivity index (χ4n) is 3.03. The van der Waals surface area contributed by atoms with E-state index >= 15 is 0 Å². The fraction of sp³-hybridized carbons (Fsp3) is 0.312. The Kier molecular flexibility index (Phi) is 3.19. The lowest BCUT2D eigenvalue weighted by molar-refractivity contribution is -0.402. The van der Waals surface area contributed by atoms with E-state index in [9.17, 15) is 14.9 Å². The molecule has 0 saturated heterocycles. The summed E-state index contributed by atoms with van der Waals surface area (Å²) in [7, 11) is 0. The van der Waals surface area contributed by atoms with E-state index < -0.39 is 22.5 Å². The lowest BCUT2D eigenvalue weighted by Gasteiger charge is -2.21. The Labute approximate surface area is 136 Å². The summed E-state index contributed by atoms with van der Waals surface area (Å²) >= 11 is 0. The Morgan fingerprint density at radius 1 is 1.12 bits per heavy atom. The van der Waals surface area contributed by atoms with Crippen LogP contribution >= 0.6 is 0 Å². The molecule has 1 fully saturated rings. The molecule has 0 atom stereocenters. The molecule has 1 amide bonds. The van der Waals surface area contributed by atoms with Gasteiger partial charge in [-0.3, -0.25) is 14.9 Å². The Morgan fingerprint density at radius 3 is 2.58 bits per heavy atom. The van der Waals surface area contributed by atoms with Crippen LogP contribution in [0.15, 0.2) is 34.7 Å². The SMILES string of the molecule is O=C(Nc1ccc2c(c1)OC1(CCCC1)O2)c1ccc([N+](=O)[O-])o1. The molecule has 1 aliphatic carbocycles. The molecule has 0 radical (unpaired) electrons.